The minimum absolute atomic E-state index is 0.151. The van der Waals surface area contributed by atoms with Crippen LogP contribution in [0.5, 0.6) is 0 Å². The quantitative estimate of drug-likeness (QED) is 0.415. The zero-order valence-corrected chi connectivity index (χ0v) is 19.4. The Bertz CT molecular complexity index is 1260. The SMILES string of the molecule is CCOC(=O)c1c(C)[nH]c(C)c1C(=O)COC(=O)c1nn(-c2ccc(F)cc2)c2c1CCCC2. The summed E-state index contributed by atoms with van der Waals surface area (Å²) in [5.74, 6) is -2.19. The van der Waals surface area contributed by atoms with Crippen LogP contribution < -0.4 is 0 Å². The number of ketones is 1. The van der Waals surface area contributed by atoms with Crippen LogP contribution in [0.3, 0.4) is 0 Å². The molecule has 0 fully saturated rings. The van der Waals surface area contributed by atoms with Crippen molar-refractivity contribution in [2.45, 2.75) is 46.5 Å². The number of aromatic nitrogens is 3. The summed E-state index contributed by atoms with van der Waals surface area (Å²) in [4.78, 5) is 41.2. The molecule has 8 nitrogen and oxygen atoms in total. The molecule has 9 heteroatoms. The third kappa shape index (κ3) is 4.37. The fourth-order valence-electron chi connectivity index (χ4n) is 4.42. The van der Waals surface area contributed by atoms with E-state index in [1.54, 1.807) is 37.6 Å². The number of Topliss-reactive ketones (excluding diaryl/α,β-unsaturated/α-hetero) is 1. The zero-order valence-electron chi connectivity index (χ0n) is 19.4. The van der Waals surface area contributed by atoms with Gasteiger partial charge in [-0.3, -0.25) is 4.79 Å². The van der Waals surface area contributed by atoms with Crippen LogP contribution in [0.25, 0.3) is 5.69 Å². The molecule has 2 aromatic heterocycles. The van der Waals surface area contributed by atoms with Gasteiger partial charge in [0.2, 0.25) is 5.78 Å². The number of fused-ring (bicyclic) bond motifs is 1. The lowest BCUT2D eigenvalue weighted by Gasteiger charge is -2.14. The predicted molar refractivity (Wildman–Crippen MR) is 121 cm³/mol. The maximum atomic E-state index is 13.4. The molecule has 0 spiro atoms. The molecule has 0 bridgehead atoms. The van der Waals surface area contributed by atoms with Gasteiger partial charge >= 0.3 is 11.9 Å². The molecule has 2 heterocycles. The van der Waals surface area contributed by atoms with Crippen LogP contribution in [-0.4, -0.2) is 45.7 Å². The number of carbonyl (C=O) groups is 3. The van der Waals surface area contributed by atoms with Gasteiger partial charge in [0.25, 0.3) is 0 Å². The summed E-state index contributed by atoms with van der Waals surface area (Å²) in [6.07, 6.45) is 3.26. The minimum Gasteiger partial charge on any atom is -0.462 e. The first-order valence-electron chi connectivity index (χ1n) is 11.2. The molecule has 1 N–H and O–H groups in total. The summed E-state index contributed by atoms with van der Waals surface area (Å²) in [5, 5.41) is 4.46. The van der Waals surface area contributed by atoms with Gasteiger partial charge in [-0.25, -0.2) is 18.7 Å². The van der Waals surface area contributed by atoms with E-state index in [2.05, 4.69) is 10.1 Å². The van der Waals surface area contributed by atoms with Crippen molar-refractivity contribution < 1.29 is 28.2 Å². The van der Waals surface area contributed by atoms with Crippen molar-refractivity contribution in [2.75, 3.05) is 13.2 Å². The second kappa shape index (κ2) is 9.62. The lowest BCUT2D eigenvalue weighted by molar-refractivity contribution is 0.0465. The number of nitrogens with one attached hydrogen (secondary N) is 1. The van der Waals surface area contributed by atoms with Crippen LogP contribution in [0.4, 0.5) is 4.39 Å². The van der Waals surface area contributed by atoms with Gasteiger partial charge in [0.15, 0.2) is 12.3 Å². The molecule has 0 aliphatic heterocycles. The summed E-state index contributed by atoms with van der Waals surface area (Å²) >= 11 is 0. The van der Waals surface area contributed by atoms with Crippen molar-refractivity contribution in [2.24, 2.45) is 0 Å². The molecular formula is C25H26FN3O5. The molecule has 4 rings (SSSR count). The first kappa shape index (κ1) is 23.4. The summed E-state index contributed by atoms with van der Waals surface area (Å²) < 4.78 is 25.4. The highest BCUT2D eigenvalue weighted by Gasteiger charge is 2.29. The lowest BCUT2D eigenvalue weighted by atomic mass is 9.95. The molecule has 0 amide bonds. The molecule has 0 radical (unpaired) electrons. The first-order chi connectivity index (χ1) is 16.3. The minimum atomic E-state index is -0.713. The Morgan fingerprint density at radius 3 is 2.38 bits per heavy atom. The van der Waals surface area contributed by atoms with Gasteiger partial charge in [0, 0.05) is 22.6 Å². The van der Waals surface area contributed by atoms with Crippen LogP contribution in [0.1, 0.15) is 73.6 Å². The van der Waals surface area contributed by atoms with E-state index in [1.165, 1.54) is 12.1 Å². The van der Waals surface area contributed by atoms with E-state index < -0.39 is 24.3 Å². The summed E-state index contributed by atoms with van der Waals surface area (Å²) in [6, 6.07) is 5.88. The smallest absolute Gasteiger partial charge is 0.359 e. The Morgan fingerprint density at radius 2 is 1.68 bits per heavy atom. The molecule has 1 aromatic carbocycles. The highest BCUT2D eigenvalue weighted by atomic mass is 19.1. The summed E-state index contributed by atoms with van der Waals surface area (Å²) in [6.45, 7) is 4.66. The molecule has 178 valence electrons. The average molecular weight is 467 g/mol. The van der Waals surface area contributed by atoms with Gasteiger partial charge in [-0.1, -0.05) is 0 Å². The van der Waals surface area contributed by atoms with Crippen molar-refractivity contribution in [3.63, 3.8) is 0 Å². The third-order valence-electron chi connectivity index (χ3n) is 5.91. The molecule has 1 aliphatic carbocycles. The Morgan fingerprint density at radius 1 is 1.00 bits per heavy atom. The number of hydrogen-bond acceptors (Lipinski definition) is 6. The number of hydrogen-bond donors (Lipinski definition) is 1. The normalized spacial score (nSPS) is 12.8. The number of aryl methyl sites for hydroxylation is 2. The summed E-state index contributed by atoms with van der Waals surface area (Å²) in [7, 11) is 0. The largest absolute Gasteiger partial charge is 0.462 e. The Kier molecular flexibility index (Phi) is 6.63. The maximum Gasteiger partial charge on any atom is 0.359 e. The topological polar surface area (TPSA) is 103 Å². The number of esters is 2. The van der Waals surface area contributed by atoms with Gasteiger partial charge in [-0.2, -0.15) is 5.10 Å². The molecule has 0 saturated heterocycles. The molecule has 3 aromatic rings. The number of aromatic amines is 1. The fourth-order valence-corrected chi connectivity index (χ4v) is 4.42. The summed E-state index contributed by atoms with van der Waals surface area (Å²) in [5.41, 5.74) is 3.79. The number of nitrogens with zero attached hydrogens (tertiary/aromatic N) is 2. The van der Waals surface area contributed by atoms with E-state index in [-0.39, 0.29) is 29.2 Å². The Labute approximate surface area is 196 Å². The Balaban J connectivity index is 1.57. The van der Waals surface area contributed by atoms with Gasteiger partial charge in [-0.15, -0.1) is 0 Å². The van der Waals surface area contributed by atoms with E-state index in [9.17, 15) is 18.8 Å². The number of rotatable bonds is 7. The number of H-pyrrole nitrogens is 1. The van der Waals surface area contributed by atoms with Crippen LogP contribution in [0.15, 0.2) is 24.3 Å². The molecule has 34 heavy (non-hydrogen) atoms. The maximum absolute atomic E-state index is 13.4. The third-order valence-corrected chi connectivity index (χ3v) is 5.91. The highest BCUT2D eigenvalue weighted by molar-refractivity contribution is 6.09. The van der Waals surface area contributed by atoms with Crippen molar-refractivity contribution in [1.82, 2.24) is 14.8 Å². The molecule has 1 aliphatic rings. The molecule has 0 saturated carbocycles. The zero-order chi connectivity index (χ0) is 24.4. The van der Waals surface area contributed by atoms with E-state index in [0.29, 0.717) is 23.5 Å². The molecule has 0 atom stereocenters. The monoisotopic (exact) mass is 467 g/mol. The van der Waals surface area contributed by atoms with Crippen molar-refractivity contribution in [3.8, 4) is 5.69 Å². The molecular weight excluding hydrogens is 441 g/mol. The van der Waals surface area contributed by atoms with E-state index >= 15 is 0 Å². The van der Waals surface area contributed by atoms with Gasteiger partial charge < -0.3 is 14.5 Å². The number of benzene rings is 1. The molecule has 0 unspecified atom stereocenters. The van der Waals surface area contributed by atoms with Crippen LogP contribution in [0.2, 0.25) is 0 Å². The Hall–Kier alpha value is -3.75. The van der Waals surface area contributed by atoms with Crippen LogP contribution in [0, 0.1) is 19.7 Å². The van der Waals surface area contributed by atoms with Crippen molar-refractivity contribution >= 4 is 17.7 Å². The predicted octanol–water partition coefficient (Wildman–Crippen LogP) is 4.05. The lowest BCUT2D eigenvalue weighted by Crippen LogP contribution is -2.19. The standard InChI is InChI=1S/C25H26FN3O5/c1-4-33-24(31)22-15(3)27-14(2)21(22)20(30)13-34-25(32)23-18-7-5-6-8-19(18)29(28-23)17-11-9-16(26)10-12-17/h9-12,27H,4-8,13H2,1-3H3. The van der Waals surface area contributed by atoms with Gasteiger partial charge in [-0.05, 0) is 70.7 Å². The van der Waals surface area contributed by atoms with Crippen molar-refractivity contribution in [3.05, 3.63) is 69.5 Å². The van der Waals surface area contributed by atoms with E-state index in [1.807, 2.05) is 0 Å². The van der Waals surface area contributed by atoms with E-state index in [0.717, 1.165) is 30.5 Å². The van der Waals surface area contributed by atoms with Crippen LogP contribution in [-0.2, 0) is 22.3 Å². The van der Waals surface area contributed by atoms with Gasteiger partial charge in [0.05, 0.1) is 23.4 Å². The number of carbonyl (C=O) groups excluding carboxylic acids is 3. The average Bonchev–Trinajstić information content (AvgIpc) is 3.35. The number of ether oxygens (including phenoxy) is 2. The van der Waals surface area contributed by atoms with Crippen molar-refractivity contribution in [1.29, 1.82) is 0 Å². The van der Waals surface area contributed by atoms with E-state index in [4.69, 9.17) is 9.47 Å². The fraction of sp³-hybridized carbons (Fsp3) is 0.360. The second-order valence-electron chi connectivity index (χ2n) is 8.21. The highest BCUT2D eigenvalue weighted by Crippen LogP contribution is 2.28. The number of halogens is 1. The van der Waals surface area contributed by atoms with Gasteiger partial charge in [0.1, 0.15) is 5.82 Å². The second-order valence-corrected chi connectivity index (χ2v) is 8.21. The van der Waals surface area contributed by atoms with Crippen LogP contribution >= 0.6 is 0 Å². The first-order valence-corrected chi connectivity index (χ1v) is 11.2.